The molecule has 6 nitrogen and oxygen atoms in total. The van der Waals surface area contributed by atoms with Crippen LogP contribution in [0.2, 0.25) is 0 Å². The van der Waals surface area contributed by atoms with Crippen molar-refractivity contribution in [1.82, 2.24) is 0 Å². The summed E-state index contributed by atoms with van der Waals surface area (Å²) in [6.07, 6.45) is 0. The fourth-order valence-electron chi connectivity index (χ4n) is 2.99. The fraction of sp³-hybridized carbons (Fsp3) is 0.222. The van der Waals surface area contributed by atoms with Crippen molar-refractivity contribution < 1.29 is 33.0 Å². The Kier molecular flexibility index (Phi) is 7.79. The Bertz CT molecular complexity index is 1150. The van der Waals surface area contributed by atoms with Gasteiger partial charge >= 0.3 is 17.9 Å². The van der Waals surface area contributed by atoms with Gasteiger partial charge in [-0.2, -0.15) is 0 Å². The molecule has 0 saturated heterocycles. The van der Waals surface area contributed by atoms with E-state index >= 15 is 0 Å². The minimum atomic E-state index is -2.45. The van der Waals surface area contributed by atoms with Crippen LogP contribution in [0.3, 0.4) is 0 Å². The molecule has 0 saturated carbocycles. The summed E-state index contributed by atoms with van der Waals surface area (Å²) in [5.41, 5.74) is 1.23. The first-order chi connectivity index (χ1) is 16.2. The van der Waals surface area contributed by atoms with Crippen LogP contribution >= 0.6 is 0 Å². The third-order valence-corrected chi connectivity index (χ3v) is 4.98. The van der Waals surface area contributed by atoms with Gasteiger partial charge < -0.3 is 14.2 Å². The van der Waals surface area contributed by atoms with Crippen molar-refractivity contribution in [2.45, 2.75) is 26.4 Å². The number of carbonyl (C=O) groups is 3. The number of esters is 3. The molecule has 0 aliphatic rings. The van der Waals surface area contributed by atoms with Gasteiger partial charge in [0, 0.05) is 0 Å². The quantitative estimate of drug-likeness (QED) is 0.331. The van der Waals surface area contributed by atoms with Crippen LogP contribution in [0.15, 0.2) is 72.8 Å². The van der Waals surface area contributed by atoms with Crippen molar-refractivity contribution in [2.75, 3.05) is 13.2 Å². The molecule has 34 heavy (non-hydrogen) atoms. The Labute approximate surface area is 197 Å². The van der Waals surface area contributed by atoms with Gasteiger partial charge in [0.25, 0.3) is 0 Å². The monoisotopic (exact) mass is 464 g/mol. The molecule has 0 aliphatic carbocycles. The normalized spacial score (nSPS) is 12.4. The predicted octanol–water partition coefficient (Wildman–Crippen LogP) is 5.33. The van der Waals surface area contributed by atoms with Gasteiger partial charge in [0.1, 0.15) is 12.4 Å². The Balaban J connectivity index is 1.57. The molecule has 3 aromatic carbocycles. The van der Waals surface area contributed by atoms with E-state index in [9.17, 15) is 18.8 Å². The highest BCUT2D eigenvalue weighted by Crippen LogP contribution is 2.22. The second-order valence-corrected chi connectivity index (χ2v) is 7.85. The lowest BCUT2D eigenvalue weighted by Crippen LogP contribution is -2.38. The summed E-state index contributed by atoms with van der Waals surface area (Å²) in [6.45, 7) is 3.79. The van der Waals surface area contributed by atoms with E-state index in [0.29, 0.717) is 5.56 Å². The van der Waals surface area contributed by atoms with Crippen LogP contribution in [0.1, 0.15) is 40.1 Å². The predicted molar refractivity (Wildman–Crippen MR) is 124 cm³/mol. The van der Waals surface area contributed by atoms with Crippen molar-refractivity contribution in [3.63, 3.8) is 0 Å². The molecule has 0 aliphatic heterocycles. The number of aryl methyl sites for hydroxylation is 1. The van der Waals surface area contributed by atoms with E-state index in [-0.39, 0.29) is 17.9 Å². The lowest BCUT2D eigenvalue weighted by Gasteiger charge is -2.18. The summed E-state index contributed by atoms with van der Waals surface area (Å²) < 4.78 is 29.1. The van der Waals surface area contributed by atoms with Crippen LogP contribution in [0.5, 0.6) is 5.75 Å². The number of benzene rings is 3. The van der Waals surface area contributed by atoms with E-state index in [1.807, 2.05) is 43.3 Å². The maximum atomic E-state index is 14.2. The fourth-order valence-corrected chi connectivity index (χ4v) is 2.99. The zero-order valence-electron chi connectivity index (χ0n) is 19.2. The van der Waals surface area contributed by atoms with Crippen molar-refractivity contribution >= 4 is 17.9 Å². The van der Waals surface area contributed by atoms with Gasteiger partial charge in [-0.25, -0.2) is 18.8 Å². The van der Waals surface area contributed by atoms with Crippen LogP contribution < -0.4 is 4.74 Å². The van der Waals surface area contributed by atoms with Gasteiger partial charge in [0.15, 0.2) is 0 Å². The largest absolute Gasteiger partial charge is 0.464 e. The standard InChI is InChI=1S/C27H25FO6/c1-4-32-26(31)27(3,28)17-33-24(29)21-13-15-23(16-14-21)34-25(30)22-11-9-20(10-12-22)19-7-5-18(2)6-8-19/h5-16H,4,17H2,1-3H3. The smallest absolute Gasteiger partial charge is 0.347 e. The van der Waals surface area contributed by atoms with Crippen LogP contribution in [0.4, 0.5) is 4.39 Å². The topological polar surface area (TPSA) is 78.9 Å². The first-order valence-corrected chi connectivity index (χ1v) is 10.7. The Morgan fingerprint density at radius 2 is 1.26 bits per heavy atom. The summed E-state index contributed by atoms with van der Waals surface area (Å²) in [7, 11) is 0. The summed E-state index contributed by atoms with van der Waals surface area (Å²) in [5, 5.41) is 0. The Hall–Kier alpha value is -4.00. The number of alkyl halides is 1. The molecule has 1 unspecified atom stereocenters. The van der Waals surface area contributed by atoms with E-state index in [4.69, 9.17) is 9.47 Å². The van der Waals surface area contributed by atoms with E-state index in [1.165, 1.54) is 29.8 Å². The summed E-state index contributed by atoms with van der Waals surface area (Å²) in [4.78, 5) is 36.1. The van der Waals surface area contributed by atoms with Crippen LogP contribution in [-0.4, -0.2) is 36.8 Å². The highest BCUT2D eigenvalue weighted by molar-refractivity contribution is 5.92. The van der Waals surface area contributed by atoms with Crippen LogP contribution in [-0.2, 0) is 14.3 Å². The van der Waals surface area contributed by atoms with E-state index in [1.54, 1.807) is 19.1 Å². The highest BCUT2D eigenvalue weighted by Gasteiger charge is 2.36. The molecule has 3 rings (SSSR count). The van der Waals surface area contributed by atoms with Gasteiger partial charge in [0.2, 0.25) is 5.67 Å². The number of carbonyl (C=O) groups excluding carboxylic acids is 3. The van der Waals surface area contributed by atoms with Crippen LogP contribution in [0, 0.1) is 6.92 Å². The third kappa shape index (κ3) is 6.28. The number of halogens is 1. The average Bonchev–Trinajstić information content (AvgIpc) is 2.84. The second-order valence-electron chi connectivity index (χ2n) is 7.85. The Morgan fingerprint density at radius 3 is 1.82 bits per heavy atom. The molecule has 176 valence electrons. The van der Waals surface area contributed by atoms with Crippen molar-refractivity contribution in [1.29, 1.82) is 0 Å². The molecule has 0 N–H and O–H groups in total. The molecule has 7 heteroatoms. The van der Waals surface area contributed by atoms with Gasteiger partial charge in [0.05, 0.1) is 17.7 Å². The SMILES string of the molecule is CCOC(=O)C(C)(F)COC(=O)c1ccc(OC(=O)c2ccc(-c3ccc(C)cc3)cc2)cc1. The highest BCUT2D eigenvalue weighted by atomic mass is 19.1. The summed E-state index contributed by atoms with van der Waals surface area (Å²) in [5.74, 6) is -2.24. The second kappa shape index (κ2) is 10.7. The van der Waals surface area contributed by atoms with Crippen LogP contribution in [0.25, 0.3) is 11.1 Å². The van der Waals surface area contributed by atoms with Gasteiger partial charge in [-0.1, -0.05) is 42.0 Å². The van der Waals surface area contributed by atoms with Gasteiger partial charge in [-0.15, -0.1) is 0 Å². The number of hydrogen-bond donors (Lipinski definition) is 0. The molecule has 0 spiro atoms. The molecule has 0 radical (unpaired) electrons. The lowest BCUT2D eigenvalue weighted by molar-refractivity contribution is -0.158. The first-order valence-electron chi connectivity index (χ1n) is 10.7. The first kappa shape index (κ1) is 24.6. The van der Waals surface area contributed by atoms with Gasteiger partial charge in [-0.3, -0.25) is 0 Å². The molecule has 1 atom stereocenters. The zero-order chi connectivity index (χ0) is 24.7. The molecule has 0 bridgehead atoms. The van der Waals surface area contributed by atoms with Crippen molar-refractivity contribution in [3.05, 3.63) is 89.5 Å². The summed E-state index contributed by atoms with van der Waals surface area (Å²) >= 11 is 0. The molecule has 0 heterocycles. The molecule has 0 amide bonds. The number of ether oxygens (including phenoxy) is 3. The molecule has 0 aromatic heterocycles. The minimum Gasteiger partial charge on any atom is -0.464 e. The summed E-state index contributed by atoms with van der Waals surface area (Å²) in [6, 6.07) is 20.7. The maximum Gasteiger partial charge on any atom is 0.347 e. The third-order valence-electron chi connectivity index (χ3n) is 4.98. The molecule has 3 aromatic rings. The van der Waals surface area contributed by atoms with E-state index in [0.717, 1.165) is 18.1 Å². The van der Waals surface area contributed by atoms with Crippen molar-refractivity contribution in [3.8, 4) is 16.9 Å². The minimum absolute atomic E-state index is 0.0172. The number of rotatable bonds is 8. The number of hydrogen-bond acceptors (Lipinski definition) is 6. The van der Waals surface area contributed by atoms with E-state index < -0.39 is 30.2 Å². The molecular weight excluding hydrogens is 439 g/mol. The van der Waals surface area contributed by atoms with Gasteiger partial charge in [-0.05, 0) is 68.3 Å². The van der Waals surface area contributed by atoms with Crippen molar-refractivity contribution in [2.24, 2.45) is 0 Å². The molecular formula is C27H25FO6. The zero-order valence-corrected chi connectivity index (χ0v) is 19.2. The average molecular weight is 464 g/mol. The molecule has 0 fully saturated rings. The Morgan fingerprint density at radius 1 is 0.765 bits per heavy atom. The lowest BCUT2D eigenvalue weighted by atomic mass is 10.0. The van der Waals surface area contributed by atoms with E-state index in [2.05, 4.69) is 4.74 Å². The maximum absolute atomic E-state index is 14.2.